The van der Waals surface area contributed by atoms with Gasteiger partial charge in [-0.3, -0.25) is 4.79 Å². The Balaban J connectivity index is 1.67. The van der Waals surface area contributed by atoms with Crippen molar-refractivity contribution in [2.45, 2.75) is 92.3 Å². The topological polar surface area (TPSA) is 77.8 Å². The maximum absolute atomic E-state index is 12.5. The van der Waals surface area contributed by atoms with Crippen molar-refractivity contribution in [2.24, 2.45) is 33.5 Å². The molecule has 0 saturated heterocycles. The van der Waals surface area contributed by atoms with Gasteiger partial charge in [0.15, 0.2) is 0 Å². The Morgan fingerprint density at radius 1 is 1.03 bits per heavy atom. The van der Waals surface area contributed by atoms with Crippen molar-refractivity contribution in [3.05, 3.63) is 40.5 Å². The molecule has 0 amide bonds. The lowest BCUT2D eigenvalue weighted by atomic mass is 9.35. The van der Waals surface area contributed by atoms with E-state index in [1.54, 1.807) is 6.92 Å². The molecule has 1 aromatic carbocycles. The number of carboxylic acid groups (broad SMARTS) is 1. The summed E-state index contributed by atoms with van der Waals surface area (Å²) < 4.78 is 0. The summed E-state index contributed by atoms with van der Waals surface area (Å²) in [6, 6.07) is 4.56. The predicted molar refractivity (Wildman–Crippen MR) is 130 cm³/mol. The van der Waals surface area contributed by atoms with Gasteiger partial charge in [0.25, 0.3) is 0 Å². The number of aliphatic hydroxyl groups excluding tert-OH is 2. The first-order chi connectivity index (χ1) is 15.3. The van der Waals surface area contributed by atoms with Crippen LogP contribution in [0, 0.1) is 47.3 Å². The molecule has 0 radical (unpaired) electrons. The van der Waals surface area contributed by atoms with Gasteiger partial charge < -0.3 is 15.3 Å². The summed E-state index contributed by atoms with van der Waals surface area (Å²) in [6.07, 6.45) is 5.50. The van der Waals surface area contributed by atoms with E-state index in [-0.39, 0.29) is 28.1 Å². The highest BCUT2D eigenvalue weighted by Gasteiger charge is 2.69. The molecule has 0 unspecified atom stereocenters. The van der Waals surface area contributed by atoms with Crippen molar-refractivity contribution in [3.63, 3.8) is 0 Å². The zero-order valence-corrected chi connectivity index (χ0v) is 21.0. The van der Waals surface area contributed by atoms with Crippen LogP contribution >= 0.6 is 0 Å². The Morgan fingerprint density at radius 3 is 2.39 bits per heavy atom. The van der Waals surface area contributed by atoms with Gasteiger partial charge in [-0.15, -0.1) is 0 Å². The first kappa shape index (κ1) is 23.1. The number of aryl methyl sites for hydroxylation is 2. The summed E-state index contributed by atoms with van der Waals surface area (Å²) in [6.45, 7) is 13.2. The summed E-state index contributed by atoms with van der Waals surface area (Å²) in [7, 11) is 0. The molecular formula is C29H40O4. The monoisotopic (exact) mass is 452 g/mol. The van der Waals surface area contributed by atoms with E-state index in [1.807, 2.05) is 0 Å². The number of aliphatic hydroxyl groups is 2. The Hall–Kier alpha value is -1.65. The average Bonchev–Trinajstić information content (AvgIpc) is 2.74. The van der Waals surface area contributed by atoms with Gasteiger partial charge in [-0.25, -0.2) is 0 Å². The van der Waals surface area contributed by atoms with Crippen molar-refractivity contribution in [1.82, 2.24) is 0 Å². The van der Waals surface area contributed by atoms with E-state index in [1.165, 1.54) is 27.8 Å². The average molecular weight is 453 g/mol. The molecule has 0 bridgehead atoms. The fourth-order valence-electron chi connectivity index (χ4n) is 9.23. The second-order valence-corrected chi connectivity index (χ2v) is 12.6. The number of hydrogen-bond acceptors (Lipinski definition) is 3. The number of benzene rings is 1. The lowest BCUT2D eigenvalue weighted by molar-refractivity contribution is -0.234. The standard InChI is InChI=1S/C29H40O4/c1-16-7-8-18-11-13-27(4)19(23(18)17(16)2)9-10-21-26(3)15-20(30)24(31)29(6,25(32)33)22(26)12-14-28(21,27)5/h7-9,20-22,24,30-31H,10-15H2,1-6H3,(H,32,33)/t20-,21-,22-,24+,26-,27-,28-,29-/m1/s1. The Labute approximate surface area is 198 Å². The summed E-state index contributed by atoms with van der Waals surface area (Å²) in [5, 5.41) is 32.0. The molecule has 4 aliphatic carbocycles. The fourth-order valence-corrected chi connectivity index (χ4v) is 9.23. The second-order valence-electron chi connectivity index (χ2n) is 12.6. The largest absolute Gasteiger partial charge is 0.481 e. The van der Waals surface area contributed by atoms with Crippen molar-refractivity contribution in [2.75, 3.05) is 0 Å². The highest BCUT2D eigenvalue weighted by molar-refractivity contribution is 5.79. The molecule has 2 saturated carbocycles. The Kier molecular flexibility index (Phi) is 4.86. The second kappa shape index (κ2) is 6.95. The maximum atomic E-state index is 12.5. The molecule has 2 fully saturated rings. The smallest absolute Gasteiger partial charge is 0.312 e. The molecule has 0 aliphatic heterocycles. The molecule has 4 aliphatic rings. The molecule has 180 valence electrons. The van der Waals surface area contributed by atoms with E-state index < -0.39 is 23.6 Å². The molecule has 0 heterocycles. The van der Waals surface area contributed by atoms with Crippen LogP contribution < -0.4 is 0 Å². The van der Waals surface area contributed by atoms with Crippen LogP contribution in [0.5, 0.6) is 0 Å². The molecule has 0 aromatic heterocycles. The van der Waals surface area contributed by atoms with E-state index in [0.717, 1.165) is 32.1 Å². The van der Waals surface area contributed by atoms with Crippen LogP contribution in [0.15, 0.2) is 18.2 Å². The number of allylic oxidation sites excluding steroid dienone is 2. The predicted octanol–water partition coefficient (Wildman–Crippen LogP) is 5.30. The van der Waals surface area contributed by atoms with Gasteiger partial charge in [0.1, 0.15) is 0 Å². The van der Waals surface area contributed by atoms with Gasteiger partial charge in [0.05, 0.1) is 17.6 Å². The molecule has 5 rings (SSSR count). The lowest BCUT2D eigenvalue weighted by Gasteiger charge is -2.69. The first-order valence-electron chi connectivity index (χ1n) is 12.7. The van der Waals surface area contributed by atoms with Crippen molar-refractivity contribution in [3.8, 4) is 0 Å². The minimum absolute atomic E-state index is 0.0100. The number of rotatable bonds is 1. The summed E-state index contributed by atoms with van der Waals surface area (Å²) in [5.74, 6) is -0.869. The number of aliphatic carboxylic acids is 1. The van der Waals surface area contributed by atoms with Gasteiger partial charge >= 0.3 is 5.97 Å². The minimum atomic E-state index is -1.33. The number of hydrogen-bond donors (Lipinski definition) is 3. The summed E-state index contributed by atoms with van der Waals surface area (Å²) in [4.78, 5) is 12.5. The highest BCUT2D eigenvalue weighted by Crippen LogP contribution is 2.73. The molecule has 4 heteroatoms. The van der Waals surface area contributed by atoms with E-state index in [4.69, 9.17) is 0 Å². The summed E-state index contributed by atoms with van der Waals surface area (Å²) in [5.41, 5.74) is 5.47. The van der Waals surface area contributed by atoms with Gasteiger partial charge in [-0.05, 0) is 115 Å². The van der Waals surface area contributed by atoms with Gasteiger partial charge in [-0.2, -0.15) is 0 Å². The third-order valence-electron chi connectivity index (χ3n) is 11.5. The summed E-state index contributed by atoms with van der Waals surface area (Å²) >= 11 is 0. The fraction of sp³-hybridized carbons (Fsp3) is 0.690. The van der Waals surface area contributed by atoms with E-state index in [0.29, 0.717) is 6.42 Å². The Bertz CT molecular complexity index is 1060. The normalized spacial score (nSPS) is 46.4. The third-order valence-corrected chi connectivity index (χ3v) is 11.5. The van der Waals surface area contributed by atoms with Crippen molar-refractivity contribution < 1.29 is 20.1 Å². The van der Waals surface area contributed by atoms with Crippen LogP contribution in [0.1, 0.15) is 82.1 Å². The van der Waals surface area contributed by atoms with Gasteiger partial charge in [0.2, 0.25) is 0 Å². The van der Waals surface area contributed by atoms with Crippen molar-refractivity contribution in [1.29, 1.82) is 0 Å². The van der Waals surface area contributed by atoms with Crippen LogP contribution in [0.3, 0.4) is 0 Å². The van der Waals surface area contributed by atoms with Crippen LogP contribution in [0.2, 0.25) is 0 Å². The van der Waals surface area contributed by atoms with Crippen LogP contribution in [0.25, 0.3) is 5.57 Å². The number of fused-ring (bicyclic) bond motifs is 7. The maximum Gasteiger partial charge on any atom is 0.312 e. The molecule has 8 atom stereocenters. The van der Waals surface area contributed by atoms with E-state index >= 15 is 0 Å². The highest BCUT2D eigenvalue weighted by atomic mass is 16.4. The molecular weight excluding hydrogens is 412 g/mol. The van der Waals surface area contributed by atoms with Crippen LogP contribution in [-0.2, 0) is 11.2 Å². The first-order valence-corrected chi connectivity index (χ1v) is 12.7. The lowest BCUT2D eigenvalue weighted by Crippen LogP contribution is -2.68. The zero-order chi connectivity index (χ0) is 24.1. The van der Waals surface area contributed by atoms with Gasteiger partial charge in [0, 0.05) is 0 Å². The minimum Gasteiger partial charge on any atom is -0.481 e. The van der Waals surface area contributed by atoms with Crippen molar-refractivity contribution >= 4 is 11.5 Å². The number of carbonyl (C=O) groups is 1. The molecule has 1 aromatic rings. The Morgan fingerprint density at radius 2 is 1.73 bits per heavy atom. The van der Waals surface area contributed by atoms with Crippen LogP contribution in [-0.4, -0.2) is 33.5 Å². The zero-order valence-electron chi connectivity index (χ0n) is 21.0. The van der Waals surface area contributed by atoms with E-state index in [2.05, 4.69) is 52.8 Å². The molecule has 33 heavy (non-hydrogen) atoms. The van der Waals surface area contributed by atoms with Crippen LogP contribution in [0.4, 0.5) is 0 Å². The molecule has 4 nitrogen and oxygen atoms in total. The van der Waals surface area contributed by atoms with Gasteiger partial charge in [-0.1, -0.05) is 39.0 Å². The SMILES string of the molecule is Cc1ccc2c(c1C)C1=CC[C@@H]3[C@@]4(C)C[C@@H](O)[C@H](O)[C@](C)(C(=O)O)[C@@H]4CC[C@@]3(C)[C@]1(C)CC2. The number of carboxylic acids is 1. The molecule has 0 spiro atoms. The van der Waals surface area contributed by atoms with E-state index in [9.17, 15) is 20.1 Å². The third kappa shape index (κ3) is 2.63. The molecule has 3 N–H and O–H groups in total. The quantitative estimate of drug-likeness (QED) is 0.540.